The first-order valence-electron chi connectivity index (χ1n) is 10.8. The molecule has 0 aliphatic heterocycles. The summed E-state index contributed by atoms with van der Waals surface area (Å²) in [6, 6.07) is 17.9. The summed E-state index contributed by atoms with van der Waals surface area (Å²) >= 11 is 0. The van der Waals surface area contributed by atoms with Crippen LogP contribution in [-0.2, 0) is 28.4 Å². The van der Waals surface area contributed by atoms with E-state index in [0.29, 0.717) is 37.0 Å². The number of oxazole rings is 1. The van der Waals surface area contributed by atoms with Crippen LogP contribution in [0.15, 0.2) is 59.0 Å². The zero-order valence-electron chi connectivity index (χ0n) is 18.5. The molecular weight excluding hydrogens is 410 g/mol. The molecule has 0 saturated carbocycles. The monoisotopic (exact) mass is 441 g/mol. The van der Waals surface area contributed by atoms with E-state index in [1.54, 1.807) is 0 Å². The number of aromatic nitrogens is 1. The van der Waals surface area contributed by atoms with Gasteiger partial charge in [0.05, 0.1) is 24.2 Å². The predicted octanol–water partition coefficient (Wildman–Crippen LogP) is 4.99. The van der Waals surface area contributed by atoms with E-state index >= 15 is 0 Å². The maximum atomic E-state index is 11.9. The highest BCUT2D eigenvalue weighted by molar-refractivity contribution is 7.84. The molecule has 2 aromatic carbocycles. The zero-order valence-corrected chi connectivity index (χ0v) is 19.3. The molecule has 2 unspecified atom stereocenters. The van der Waals surface area contributed by atoms with E-state index in [1.165, 1.54) is 0 Å². The van der Waals surface area contributed by atoms with Crippen molar-refractivity contribution in [2.75, 3.05) is 24.7 Å². The summed E-state index contributed by atoms with van der Waals surface area (Å²) in [6.07, 6.45) is 1.41. The minimum Gasteiger partial charge on any atom is -0.493 e. The van der Waals surface area contributed by atoms with Crippen LogP contribution < -0.4 is 4.74 Å². The first-order chi connectivity index (χ1) is 15.1. The molecule has 0 amide bonds. The first-order valence-corrected chi connectivity index (χ1v) is 12.3. The number of ether oxygens (including phenoxy) is 2. The summed E-state index contributed by atoms with van der Waals surface area (Å²) in [5.41, 5.74) is 3.04. The van der Waals surface area contributed by atoms with Gasteiger partial charge in [0.15, 0.2) is 0 Å². The molecule has 166 valence electrons. The Balaban J connectivity index is 1.51. The van der Waals surface area contributed by atoms with Crippen LogP contribution in [0.4, 0.5) is 0 Å². The normalized spacial score (nSPS) is 13.1. The van der Waals surface area contributed by atoms with Gasteiger partial charge in [0.1, 0.15) is 11.5 Å². The van der Waals surface area contributed by atoms with E-state index in [4.69, 9.17) is 13.9 Å². The van der Waals surface area contributed by atoms with Gasteiger partial charge in [-0.05, 0) is 50.1 Å². The molecule has 0 saturated heterocycles. The van der Waals surface area contributed by atoms with Crippen LogP contribution in [0.1, 0.15) is 30.9 Å². The average Bonchev–Trinajstić information content (AvgIpc) is 3.16. The third kappa shape index (κ3) is 7.04. The molecule has 2 atom stereocenters. The van der Waals surface area contributed by atoms with Gasteiger partial charge in [-0.2, -0.15) is 0 Å². The lowest BCUT2D eigenvalue weighted by Gasteiger charge is -2.16. The molecule has 1 aromatic heterocycles. The second-order valence-corrected chi connectivity index (χ2v) is 9.10. The highest BCUT2D eigenvalue weighted by Gasteiger charge is 2.14. The molecule has 0 aliphatic rings. The van der Waals surface area contributed by atoms with E-state index < -0.39 is 10.8 Å². The van der Waals surface area contributed by atoms with Crippen LogP contribution in [0.3, 0.4) is 0 Å². The smallest absolute Gasteiger partial charge is 0.226 e. The van der Waals surface area contributed by atoms with Gasteiger partial charge in [-0.15, -0.1) is 0 Å². The first kappa shape index (κ1) is 23.2. The second kappa shape index (κ2) is 11.8. The van der Waals surface area contributed by atoms with Crippen molar-refractivity contribution in [2.45, 2.75) is 39.7 Å². The van der Waals surface area contributed by atoms with Crippen molar-refractivity contribution < 1.29 is 18.1 Å². The number of hydrogen-bond donors (Lipinski definition) is 0. The maximum Gasteiger partial charge on any atom is 0.226 e. The summed E-state index contributed by atoms with van der Waals surface area (Å²) in [5.74, 6) is 3.52. The molecule has 0 aliphatic carbocycles. The fourth-order valence-corrected chi connectivity index (χ4v) is 4.21. The van der Waals surface area contributed by atoms with Crippen LogP contribution in [0, 0.1) is 6.92 Å². The molecule has 31 heavy (non-hydrogen) atoms. The molecule has 6 heteroatoms. The van der Waals surface area contributed by atoms with Gasteiger partial charge < -0.3 is 13.9 Å². The van der Waals surface area contributed by atoms with Crippen LogP contribution in [0.2, 0.25) is 0 Å². The Bertz CT molecular complexity index is 953. The van der Waals surface area contributed by atoms with Crippen LogP contribution in [0.25, 0.3) is 11.5 Å². The third-order valence-corrected chi connectivity index (χ3v) is 6.39. The van der Waals surface area contributed by atoms with Crippen molar-refractivity contribution in [2.24, 2.45) is 0 Å². The largest absolute Gasteiger partial charge is 0.493 e. The lowest BCUT2D eigenvalue weighted by molar-refractivity contribution is 0.0795. The summed E-state index contributed by atoms with van der Waals surface area (Å²) in [5, 5.41) is 0. The van der Waals surface area contributed by atoms with Gasteiger partial charge in [0, 0.05) is 35.1 Å². The number of hydrogen-bond acceptors (Lipinski definition) is 5. The third-order valence-electron chi connectivity index (χ3n) is 5.00. The maximum absolute atomic E-state index is 11.9. The molecular formula is C25H31NO4S. The predicted molar refractivity (Wildman–Crippen MR) is 125 cm³/mol. The Hall–Kier alpha value is -2.44. The van der Waals surface area contributed by atoms with Gasteiger partial charge in [-0.1, -0.05) is 37.3 Å². The Morgan fingerprint density at radius 2 is 1.81 bits per heavy atom. The number of nitrogens with zero attached hydrogens (tertiary/aromatic N) is 1. The molecule has 0 spiro atoms. The molecule has 5 nitrogen and oxygen atoms in total. The van der Waals surface area contributed by atoms with Crippen molar-refractivity contribution >= 4 is 10.8 Å². The van der Waals surface area contributed by atoms with E-state index in [1.807, 2.05) is 75.4 Å². The van der Waals surface area contributed by atoms with Gasteiger partial charge in [0.25, 0.3) is 0 Å². The SMILES string of the molecule is CCOC(Cc1ccc(OCCc2nc(-c3ccccc3)oc2C)cc1)CS(=O)CC. The van der Waals surface area contributed by atoms with Crippen molar-refractivity contribution in [3.63, 3.8) is 0 Å². The standard InChI is InChI=1S/C25H31NO4S/c1-4-28-23(18-31(27)5-2)17-20-11-13-22(14-12-20)29-16-15-24-19(3)30-25(26-24)21-9-7-6-8-10-21/h6-14,23H,4-5,15-18H2,1-3H3. The molecule has 3 aromatic rings. The summed E-state index contributed by atoms with van der Waals surface area (Å²) in [7, 11) is -0.835. The Kier molecular flexibility index (Phi) is 8.85. The molecule has 0 N–H and O–H groups in total. The van der Waals surface area contributed by atoms with Gasteiger partial charge >= 0.3 is 0 Å². The number of aryl methyl sites for hydroxylation is 1. The van der Waals surface area contributed by atoms with Gasteiger partial charge in [-0.3, -0.25) is 4.21 Å². The summed E-state index contributed by atoms with van der Waals surface area (Å²) in [6.45, 7) is 6.99. The molecule has 0 bridgehead atoms. The van der Waals surface area contributed by atoms with E-state index in [0.717, 1.165) is 34.8 Å². The van der Waals surface area contributed by atoms with Crippen molar-refractivity contribution in [3.05, 3.63) is 71.6 Å². The second-order valence-electron chi connectivity index (χ2n) is 7.31. The highest BCUT2D eigenvalue weighted by Crippen LogP contribution is 2.22. The van der Waals surface area contributed by atoms with Gasteiger partial charge in [-0.25, -0.2) is 4.98 Å². The average molecular weight is 442 g/mol. The summed E-state index contributed by atoms with van der Waals surface area (Å²) < 4.78 is 29.4. The van der Waals surface area contributed by atoms with Gasteiger partial charge in [0.2, 0.25) is 5.89 Å². The molecule has 0 radical (unpaired) electrons. The van der Waals surface area contributed by atoms with Crippen molar-refractivity contribution in [1.82, 2.24) is 4.98 Å². The van der Waals surface area contributed by atoms with Crippen molar-refractivity contribution in [3.8, 4) is 17.2 Å². The molecule has 3 rings (SSSR count). The van der Waals surface area contributed by atoms with E-state index in [-0.39, 0.29) is 6.10 Å². The Morgan fingerprint density at radius 3 is 2.48 bits per heavy atom. The van der Waals surface area contributed by atoms with Crippen LogP contribution >= 0.6 is 0 Å². The zero-order chi connectivity index (χ0) is 22.1. The highest BCUT2D eigenvalue weighted by atomic mass is 32.2. The lowest BCUT2D eigenvalue weighted by atomic mass is 10.1. The number of benzene rings is 2. The Labute approximate surface area is 187 Å². The quantitative estimate of drug-likeness (QED) is 0.396. The van der Waals surface area contributed by atoms with Crippen LogP contribution in [-0.4, -0.2) is 40.0 Å². The fourth-order valence-electron chi connectivity index (χ4n) is 3.34. The van der Waals surface area contributed by atoms with Crippen molar-refractivity contribution in [1.29, 1.82) is 0 Å². The van der Waals surface area contributed by atoms with E-state index in [2.05, 4.69) is 4.98 Å². The van der Waals surface area contributed by atoms with Crippen LogP contribution in [0.5, 0.6) is 5.75 Å². The Morgan fingerprint density at radius 1 is 1.06 bits per heavy atom. The van der Waals surface area contributed by atoms with E-state index in [9.17, 15) is 4.21 Å². The molecule has 0 fully saturated rings. The fraction of sp³-hybridized carbons (Fsp3) is 0.400. The topological polar surface area (TPSA) is 61.6 Å². The minimum atomic E-state index is -0.835. The number of rotatable bonds is 12. The summed E-state index contributed by atoms with van der Waals surface area (Å²) in [4.78, 5) is 4.62. The minimum absolute atomic E-state index is 0.0218. The molecule has 1 heterocycles. The lowest BCUT2D eigenvalue weighted by Crippen LogP contribution is -2.24.